The molecule has 2 heterocycles. The highest BCUT2D eigenvalue weighted by Gasteiger charge is 2.27. The Bertz CT molecular complexity index is 350. The Labute approximate surface area is 118 Å². The van der Waals surface area contributed by atoms with Crippen LogP contribution in [0.3, 0.4) is 0 Å². The van der Waals surface area contributed by atoms with Gasteiger partial charge in [0.25, 0.3) is 0 Å². The van der Waals surface area contributed by atoms with Crippen molar-refractivity contribution >= 4 is 12.0 Å². The Hall–Kier alpha value is -1.34. The number of hydrogen-bond acceptors (Lipinski definition) is 4. The summed E-state index contributed by atoms with van der Waals surface area (Å²) in [5.74, 6) is -0.392. The highest BCUT2D eigenvalue weighted by Crippen LogP contribution is 2.11. The molecule has 2 rings (SSSR count). The van der Waals surface area contributed by atoms with Crippen LogP contribution in [0.5, 0.6) is 0 Å². The lowest BCUT2D eigenvalue weighted by molar-refractivity contribution is -0.143. The van der Waals surface area contributed by atoms with Crippen LogP contribution in [-0.4, -0.2) is 78.9 Å². The van der Waals surface area contributed by atoms with E-state index in [4.69, 9.17) is 9.84 Å². The maximum absolute atomic E-state index is 12.0. The number of nitrogens with zero attached hydrogens (tertiary/aromatic N) is 2. The van der Waals surface area contributed by atoms with Crippen molar-refractivity contribution in [3.05, 3.63) is 0 Å². The van der Waals surface area contributed by atoms with Crippen LogP contribution in [0.25, 0.3) is 0 Å². The Kier molecular flexibility index (Phi) is 5.19. The number of carboxylic acids is 1. The van der Waals surface area contributed by atoms with Crippen molar-refractivity contribution < 1.29 is 19.4 Å². The van der Waals surface area contributed by atoms with Gasteiger partial charge < -0.3 is 20.1 Å². The van der Waals surface area contributed by atoms with Gasteiger partial charge >= 0.3 is 12.0 Å². The van der Waals surface area contributed by atoms with Gasteiger partial charge in [0, 0.05) is 45.2 Å². The van der Waals surface area contributed by atoms with Crippen LogP contribution in [-0.2, 0) is 9.53 Å². The van der Waals surface area contributed by atoms with E-state index in [1.807, 2.05) is 4.90 Å². The highest BCUT2D eigenvalue weighted by molar-refractivity contribution is 5.75. The van der Waals surface area contributed by atoms with Crippen LogP contribution in [0, 0.1) is 5.92 Å². The largest absolute Gasteiger partial charge is 0.480 e. The molecule has 20 heavy (non-hydrogen) atoms. The minimum atomic E-state index is -0.816. The van der Waals surface area contributed by atoms with E-state index >= 15 is 0 Å². The maximum atomic E-state index is 12.0. The van der Waals surface area contributed by atoms with Crippen molar-refractivity contribution in [3.63, 3.8) is 0 Å². The van der Waals surface area contributed by atoms with Gasteiger partial charge in [0.05, 0.1) is 6.61 Å². The number of carboxylic acid groups (broad SMARTS) is 1. The normalized spacial score (nSPS) is 25.4. The third kappa shape index (κ3) is 3.83. The van der Waals surface area contributed by atoms with Crippen LogP contribution in [0.4, 0.5) is 4.79 Å². The maximum Gasteiger partial charge on any atom is 0.320 e. The van der Waals surface area contributed by atoms with Crippen LogP contribution < -0.4 is 5.32 Å². The number of aliphatic carboxylic acids is 1. The van der Waals surface area contributed by atoms with E-state index in [-0.39, 0.29) is 6.03 Å². The molecule has 2 aliphatic heterocycles. The van der Waals surface area contributed by atoms with Crippen molar-refractivity contribution in [2.24, 2.45) is 5.92 Å². The molecule has 2 atom stereocenters. The quantitative estimate of drug-likeness (QED) is 0.749. The summed E-state index contributed by atoms with van der Waals surface area (Å²) >= 11 is 0. The summed E-state index contributed by atoms with van der Waals surface area (Å²) in [5, 5.41) is 11.9. The monoisotopic (exact) mass is 285 g/mol. The number of ether oxygens (including phenoxy) is 1. The zero-order valence-electron chi connectivity index (χ0n) is 11.9. The van der Waals surface area contributed by atoms with Gasteiger partial charge in [0.15, 0.2) is 0 Å². The van der Waals surface area contributed by atoms with Gasteiger partial charge in [-0.05, 0) is 13.3 Å². The number of carbonyl (C=O) groups excluding carboxylic acids is 1. The number of urea groups is 1. The highest BCUT2D eigenvalue weighted by atomic mass is 16.5. The van der Waals surface area contributed by atoms with Crippen LogP contribution >= 0.6 is 0 Å². The molecule has 2 aliphatic rings. The molecule has 0 bridgehead atoms. The van der Waals surface area contributed by atoms with Crippen LogP contribution in [0.2, 0.25) is 0 Å². The Morgan fingerprint density at radius 2 is 2.05 bits per heavy atom. The standard InChI is InChI=1S/C13H23N3O4/c1-10(12(17)18)15-3-5-16(6-4-15)13(19)14-8-11-2-7-20-9-11/h10-11H,2-9H2,1H3,(H,14,19)(H,17,18). The second kappa shape index (κ2) is 6.90. The van der Waals surface area contributed by atoms with Gasteiger partial charge in [0.1, 0.15) is 6.04 Å². The first kappa shape index (κ1) is 15.1. The summed E-state index contributed by atoms with van der Waals surface area (Å²) < 4.78 is 5.27. The average Bonchev–Trinajstić information content (AvgIpc) is 2.97. The van der Waals surface area contributed by atoms with E-state index in [1.165, 1.54) is 0 Å². The fourth-order valence-corrected chi connectivity index (χ4v) is 2.56. The molecular weight excluding hydrogens is 262 g/mol. The van der Waals surface area contributed by atoms with Crippen molar-refractivity contribution in [2.75, 3.05) is 45.9 Å². The molecule has 0 radical (unpaired) electrons. The number of carbonyl (C=O) groups is 2. The van der Waals surface area contributed by atoms with Gasteiger partial charge in [-0.25, -0.2) is 4.79 Å². The van der Waals surface area contributed by atoms with Gasteiger partial charge in [-0.2, -0.15) is 0 Å². The zero-order valence-corrected chi connectivity index (χ0v) is 11.9. The number of hydrogen-bond donors (Lipinski definition) is 2. The minimum Gasteiger partial charge on any atom is -0.480 e. The predicted molar refractivity (Wildman–Crippen MR) is 72.6 cm³/mol. The van der Waals surface area contributed by atoms with E-state index in [2.05, 4.69) is 5.32 Å². The molecule has 2 saturated heterocycles. The fourth-order valence-electron chi connectivity index (χ4n) is 2.56. The van der Waals surface area contributed by atoms with Gasteiger partial charge in [-0.1, -0.05) is 0 Å². The first-order valence-electron chi connectivity index (χ1n) is 7.15. The summed E-state index contributed by atoms with van der Waals surface area (Å²) in [5.41, 5.74) is 0. The molecule has 0 saturated carbocycles. The second-order valence-electron chi connectivity index (χ2n) is 5.45. The molecule has 0 aliphatic carbocycles. The van der Waals surface area contributed by atoms with Crippen molar-refractivity contribution in [1.29, 1.82) is 0 Å². The summed E-state index contributed by atoms with van der Waals surface area (Å²) in [4.78, 5) is 26.6. The average molecular weight is 285 g/mol. The fraction of sp³-hybridized carbons (Fsp3) is 0.846. The Morgan fingerprint density at radius 3 is 2.60 bits per heavy atom. The van der Waals surface area contributed by atoms with Crippen molar-refractivity contribution in [3.8, 4) is 0 Å². The lowest BCUT2D eigenvalue weighted by Gasteiger charge is -2.36. The molecule has 2 amide bonds. The number of amides is 2. The Balaban J connectivity index is 1.69. The number of piperazine rings is 1. The summed E-state index contributed by atoms with van der Waals surface area (Å²) in [7, 11) is 0. The third-order valence-corrected chi connectivity index (χ3v) is 4.07. The van der Waals surface area contributed by atoms with E-state index in [0.717, 1.165) is 19.6 Å². The molecule has 7 heteroatoms. The Morgan fingerprint density at radius 1 is 1.35 bits per heavy atom. The van der Waals surface area contributed by atoms with Crippen LogP contribution in [0.15, 0.2) is 0 Å². The SMILES string of the molecule is CC(C(=O)O)N1CCN(C(=O)NCC2CCOC2)CC1. The minimum absolute atomic E-state index is 0.0560. The molecular formula is C13H23N3O4. The molecule has 2 unspecified atom stereocenters. The number of rotatable bonds is 4. The summed E-state index contributed by atoms with van der Waals surface area (Å²) in [6.07, 6.45) is 1.00. The molecule has 2 N–H and O–H groups in total. The van der Waals surface area contributed by atoms with Gasteiger partial charge in [0.2, 0.25) is 0 Å². The van der Waals surface area contributed by atoms with E-state index in [0.29, 0.717) is 38.6 Å². The molecule has 0 aromatic rings. The molecule has 0 aromatic carbocycles. The van der Waals surface area contributed by atoms with Gasteiger partial charge in [-0.3, -0.25) is 9.69 Å². The predicted octanol–water partition coefficient (Wildman–Crippen LogP) is -0.177. The molecule has 0 aromatic heterocycles. The summed E-state index contributed by atoms with van der Waals surface area (Å²) in [6, 6.07) is -0.546. The van der Waals surface area contributed by atoms with Gasteiger partial charge in [-0.15, -0.1) is 0 Å². The smallest absolute Gasteiger partial charge is 0.320 e. The lowest BCUT2D eigenvalue weighted by Crippen LogP contribution is -2.55. The molecule has 7 nitrogen and oxygen atoms in total. The van der Waals surface area contributed by atoms with Crippen LogP contribution in [0.1, 0.15) is 13.3 Å². The second-order valence-corrected chi connectivity index (χ2v) is 5.45. The summed E-state index contributed by atoms with van der Waals surface area (Å²) in [6.45, 7) is 6.20. The molecule has 2 fully saturated rings. The molecule has 0 spiro atoms. The molecule has 114 valence electrons. The zero-order chi connectivity index (χ0) is 14.5. The first-order chi connectivity index (χ1) is 9.58. The van der Waals surface area contributed by atoms with E-state index < -0.39 is 12.0 Å². The number of nitrogens with one attached hydrogen (secondary N) is 1. The lowest BCUT2D eigenvalue weighted by atomic mass is 10.1. The van der Waals surface area contributed by atoms with E-state index in [1.54, 1.807) is 11.8 Å². The van der Waals surface area contributed by atoms with E-state index in [9.17, 15) is 9.59 Å². The first-order valence-corrected chi connectivity index (χ1v) is 7.15. The van der Waals surface area contributed by atoms with Crippen molar-refractivity contribution in [1.82, 2.24) is 15.1 Å². The van der Waals surface area contributed by atoms with Crippen molar-refractivity contribution in [2.45, 2.75) is 19.4 Å². The topological polar surface area (TPSA) is 82.1 Å². The third-order valence-electron chi connectivity index (χ3n) is 4.07.